The van der Waals surface area contributed by atoms with Gasteiger partial charge in [0.05, 0.1) is 24.6 Å². The van der Waals surface area contributed by atoms with Crippen LogP contribution in [0.15, 0.2) is 48.7 Å². The van der Waals surface area contributed by atoms with Crippen molar-refractivity contribution < 1.29 is 9.53 Å². The Morgan fingerprint density at radius 1 is 1.08 bits per heavy atom. The van der Waals surface area contributed by atoms with E-state index in [2.05, 4.69) is 25.8 Å². The average molecular weight is 370 g/mol. The molecule has 1 aromatic heterocycles. The van der Waals surface area contributed by atoms with Gasteiger partial charge in [0.15, 0.2) is 5.82 Å². The molecule has 0 radical (unpaired) electrons. The molecule has 0 bridgehead atoms. The van der Waals surface area contributed by atoms with Gasteiger partial charge in [-0.25, -0.2) is 4.79 Å². The minimum absolute atomic E-state index is 0.242. The van der Waals surface area contributed by atoms with Crippen molar-refractivity contribution in [2.24, 2.45) is 0 Å². The molecule has 0 fully saturated rings. The van der Waals surface area contributed by atoms with Crippen LogP contribution >= 0.6 is 11.6 Å². The van der Waals surface area contributed by atoms with Gasteiger partial charge in [0.2, 0.25) is 5.95 Å². The van der Waals surface area contributed by atoms with Gasteiger partial charge >= 0.3 is 5.97 Å². The molecule has 0 atom stereocenters. The molecule has 3 rings (SSSR count). The lowest BCUT2D eigenvalue weighted by molar-refractivity contribution is 0.0602. The van der Waals surface area contributed by atoms with Gasteiger partial charge in [0.25, 0.3) is 0 Å². The zero-order valence-electron chi connectivity index (χ0n) is 14.2. The first-order chi connectivity index (χ1) is 12.6. The number of halogens is 1. The van der Waals surface area contributed by atoms with Crippen LogP contribution in [0.4, 0.5) is 23.1 Å². The third kappa shape index (κ3) is 3.89. The van der Waals surface area contributed by atoms with Crippen molar-refractivity contribution in [1.82, 2.24) is 15.2 Å². The summed E-state index contributed by atoms with van der Waals surface area (Å²) in [5.74, 6) is 0.277. The van der Waals surface area contributed by atoms with Gasteiger partial charge < -0.3 is 15.4 Å². The number of rotatable bonds is 5. The molecule has 132 valence electrons. The van der Waals surface area contributed by atoms with Crippen LogP contribution < -0.4 is 10.6 Å². The molecule has 0 aliphatic heterocycles. The Labute approximate surface area is 155 Å². The lowest BCUT2D eigenvalue weighted by atomic mass is 10.2. The van der Waals surface area contributed by atoms with Gasteiger partial charge in [-0.15, -0.1) is 5.10 Å². The SMILES string of the molecule is COC(=O)c1ccccc1Nc1nncc(Nc2cccc(Cl)c2C)n1. The second-order valence-corrected chi connectivity index (χ2v) is 5.77. The topological polar surface area (TPSA) is 89.0 Å². The minimum Gasteiger partial charge on any atom is -0.465 e. The van der Waals surface area contributed by atoms with Crippen molar-refractivity contribution in [2.45, 2.75) is 6.92 Å². The van der Waals surface area contributed by atoms with Crippen LogP contribution in [0.2, 0.25) is 5.02 Å². The molecule has 1 heterocycles. The number of hydrogen-bond donors (Lipinski definition) is 2. The maximum atomic E-state index is 11.9. The fraction of sp³-hybridized carbons (Fsp3) is 0.111. The molecule has 2 aromatic carbocycles. The Morgan fingerprint density at radius 3 is 2.65 bits per heavy atom. The normalized spacial score (nSPS) is 10.3. The van der Waals surface area contributed by atoms with Crippen LogP contribution in [0, 0.1) is 6.92 Å². The second-order valence-electron chi connectivity index (χ2n) is 5.36. The van der Waals surface area contributed by atoms with Crippen molar-refractivity contribution in [1.29, 1.82) is 0 Å². The number of carbonyl (C=O) groups excluding carboxylic acids is 1. The van der Waals surface area contributed by atoms with E-state index < -0.39 is 5.97 Å². The van der Waals surface area contributed by atoms with Crippen molar-refractivity contribution in [2.75, 3.05) is 17.7 Å². The molecule has 0 saturated carbocycles. The van der Waals surface area contributed by atoms with E-state index in [-0.39, 0.29) is 5.95 Å². The van der Waals surface area contributed by atoms with E-state index in [0.717, 1.165) is 11.3 Å². The number of carbonyl (C=O) groups is 1. The molecule has 0 amide bonds. The van der Waals surface area contributed by atoms with Crippen LogP contribution in [-0.2, 0) is 4.74 Å². The highest BCUT2D eigenvalue weighted by Gasteiger charge is 2.12. The number of nitrogens with zero attached hydrogens (tertiary/aromatic N) is 3. The number of methoxy groups -OCH3 is 1. The standard InChI is InChI=1S/C18H16ClN5O2/c1-11-13(19)7-5-9-14(11)21-16-10-20-24-18(23-16)22-15-8-4-3-6-12(15)17(25)26-2/h3-10H,1-2H3,(H2,21,22,23,24). The third-order valence-electron chi connectivity index (χ3n) is 3.67. The summed E-state index contributed by atoms with van der Waals surface area (Å²) in [5.41, 5.74) is 2.62. The van der Waals surface area contributed by atoms with Crippen LogP contribution in [0.3, 0.4) is 0 Å². The fourth-order valence-electron chi connectivity index (χ4n) is 2.30. The molecule has 0 aliphatic carbocycles. The average Bonchev–Trinajstić information content (AvgIpc) is 2.66. The number of aromatic nitrogens is 3. The maximum Gasteiger partial charge on any atom is 0.339 e. The predicted octanol–water partition coefficient (Wildman–Crippen LogP) is 4.11. The molecule has 3 aromatic rings. The van der Waals surface area contributed by atoms with E-state index >= 15 is 0 Å². The monoisotopic (exact) mass is 369 g/mol. The Kier molecular flexibility index (Phi) is 5.28. The highest BCUT2D eigenvalue weighted by Crippen LogP contribution is 2.26. The smallest absolute Gasteiger partial charge is 0.339 e. The summed E-state index contributed by atoms with van der Waals surface area (Å²) in [6.07, 6.45) is 1.50. The molecule has 0 unspecified atom stereocenters. The summed E-state index contributed by atoms with van der Waals surface area (Å²) in [6.45, 7) is 1.91. The largest absolute Gasteiger partial charge is 0.465 e. The summed E-state index contributed by atoms with van der Waals surface area (Å²) < 4.78 is 4.78. The van der Waals surface area contributed by atoms with Crippen molar-refractivity contribution in [3.05, 3.63) is 64.8 Å². The zero-order chi connectivity index (χ0) is 18.5. The van der Waals surface area contributed by atoms with Crippen LogP contribution in [0.1, 0.15) is 15.9 Å². The van der Waals surface area contributed by atoms with Crippen molar-refractivity contribution in [3.63, 3.8) is 0 Å². The molecule has 8 heteroatoms. The number of ether oxygens (including phenoxy) is 1. The minimum atomic E-state index is -0.454. The molecule has 7 nitrogen and oxygen atoms in total. The first-order valence-corrected chi connectivity index (χ1v) is 8.12. The lowest BCUT2D eigenvalue weighted by Gasteiger charge is -2.11. The number of anilines is 4. The number of nitrogens with one attached hydrogen (secondary N) is 2. The summed E-state index contributed by atoms with van der Waals surface area (Å²) in [4.78, 5) is 16.2. The number of benzene rings is 2. The van der Waals surface area contributed by atoms with Gasteiger partial charge in [-0.1, -0.05) is 29.8 Å². The van der Waals surface area contributed by atoms with E-state index in [1.165, 1.54) is 13.3 Å². The summed E-state index contributed by atoms with van der Waals surface area (Å²) in [7, 11) is 1.33. The Balaban J connectivity index is 1.85. The van der Waals surface area contributed by atoms with Crippen molar-refractivity contribution in [3.8, 4) is 0 Å². The Hall–Kier alpha value is -3.19. The van der Waals surface area contributed by atoms with Gasteiger partial charge in [-0.05, 0) is 36.8 Å². The lowest BCUT2D eigenvalue weighted by Crippen LogP contribution is -2.08. The molecular weight excluding hydrogens is 354 g/mol. The molecule has 0 spiro atoms. The van der Waals surface area contributed by atoms with Gasteiger partial charge in [0.1, 0.15) is 0 Å². The van der Waals surface area contributed by atoms with E-state index in [1.807, 2.05) is 25.1 Å². The molecule has 2 N–H and O–H groups in total. The number of esters is 1. The van der Waals surface area contributed by atoms with Gasteiger partial charge in [-0.3, -0.25) is 0 Å². The summed E-state index contributed by atoms with van der Waals surface area (Å²) >= 11 is 6.13. The summed E-state index contributed by atoms with van der Waals surface area (Å²) in [6, 6.07) is 12.5. The van der Waals surface area contributed by atoms with Gasteiger partial charge in [0, 0.05) is 10.7 Å². The first-order valence-electron chi connectivity index (χ1n) is 7.74. The quantitative estimate of drug-likeness (QED) is 0.654. The fourth-order valence-corrected chi connectivity index (χ4v) is 2.47. The highest BCUT2D eigenvalue weighted by atomic mass is 35.5. The first kappa shape index (κ1) is 17.6. The predicted molar refractivity (Wildman–Crippen MR) is 100 cm³/mol. The van der Waals surface area contributed by atoms with Gasteiger partial charge in [-0.2, -0.15) is 10.1 Å². The summed E-state index contributed by atoms with van der Waals surface area (Å²) in [5, 5.41) is 14.7. The molecule has 0 aliphatic rings. The zero-order valence-corrected chi connectivity index (χ0v) is 14.9. The Morgan fingerprint density at radius 2 is 1.85 bits per heavy atom. The third-order valence-corrected chi connectivity index (χ3v) is 4.08. The van der Waals surface area contributed by atoms with Crippen molar-refractivity contribution >= 4 is 40.7 Å². The molecule has 0 saturated heterocycles. The maximum absolute atomic E-state index is 11.9. The molecule has 26 heavy (non-hydrogen) atoms. The number of hydrogen-bond acceptors (Lipinski definition) is 7. The van der Waals surface area contributed by atoms with E-state index in [1.54, 1.807) is 24.3 Å². The van der Waals surface area contributed by atoms with E-state index in [0.29, 0.717) is 22.1 Å². The number of para-hydroxylation sites is 1. The van der Waals surface area contributed by atoms with E-state index in [9.17, 15) is 4.79 Å². The van der Waals surface area contributed by atoms with Crippen LogP contribution in [0.5, 0.6) is 0 Å². The van der Waals surface area contributed by atoms with Crippen LogP contribution in [0.25, 0.3) is 0 Å². The molecular formula is C18H16ClN5O2. The second kappa shape index (κ2) is 7.79. The van der Waals surface area contributed by atoms with E-state index in [4.69, 9.17) is 16.3 Å². The highest BCUT2D eigenvalue weighted by molar-refractivity contribution is 6.31. The van der Waals surface area contributed by atoms with Crippen LogP contribution in [-0.4, -0.2) is 28.3 Å². The Bertz CT molecular complexity index is 948.